The summed E-state index contributed by atoms with van der Waals surface area (Å²) in [5.41, 5.74) is 8.21. The van der Waals surface area contributed by atoms with Gasteiger partial charge in [-0.1, -0.05) is 24.3 Å². The highest BCUT2D eigenvalue weighted by Crippen LogP contribution is 2.36. The number of hydrogen-bond acceptors (Lipinski definition) is 6. The van der Waals surface area contributed by atoms with Gasteiger partial charge in [0.2, 0.25) is 9.84 Å². The topological polar surface area (TPSA) is 109 Å². The van der Waals surface area contributed by atoms with E-state index in [-0.39, 0.29) is 38.6 Å². The van der Waals surface area contributed by atoms with Gasteiger partial charge in [-0.25, -0.2) is 13.3 Å². The molecule has 45 heavy (non-hydrogen) atoms. The summed E-state index contributed by atoms with van der Waals surface area (Å²) in [5.74, 6) is -2.16. The van der Waals surface area contributed by atoms with Gasteiger partial charge in [0.15, 0.2) is 0 Å². The first-order valence-electron chi connectivity index (χ1n) is 14.7. The first-order valence-corrected chi connectivity index (χ1v) is 16.2. The Hall–Kier alpha value is -4.89. The van der Waals surface area contributed by atoms with Gasteiger partial charge in [0, 0.05) is 6.54 Å². The average molecular weight is 621 g/mol. The van der Waals surface area contributed by atoms with Crippen LogP contribution in [0.4, 0.5) is 5.69 Å². The fraction of sp³-hybridized carbons (Fsp3) is 0.222. The third kappa shape index (κ3) is 4.69. The number of hydrogen-bond donors (Lipinski definition) is 0. The van der Waals surface area contributed by atoms with Crippen LogP contribution in [0.3, 0.4) is 0 Å². The zero-order chi connectivity index (χ0) is 32.5. The van der Waals surface area contributed by atoms with E-state index in [2.05, 4.69) is 32.9 Å². The second-order valence-electron chi connectivity index (χ2n) is 11.8. The summed E-state index contributed by atoms with van der Waals surface area (Å²) >= 11 is 0. The van der Waals surface area contributed by atoms with Crippen LogP contribution in [-0.2, 0) is 16.3 Å². The van der Waals surface area contributed by atoms with Crippen molar-refractivity contribution in [3.63, 3.8) is 0 Å². The first kappa shape index (κ1) is 30.1. The van der Waals surface area contributed by atoms with Gasteiger partial charge in [-0.05, 0) is 123 Å². The van der Waals surface area contributed by atoms with E-state index in [0.29, 0.717) is 12.1 Å². The third-order valence-corrected chi connectivity index (χ3v) is 10.7. The van der Waals surface area contributed by atoms with Crippen molar-refractivity contribution in [2.24, 2.45) is 0 Å². The predicted molar refractivity (Wildman–Crippen MR) is 170 cm³/mol. The van der Waals surface area contributed by atoms with Crippen LogP contribution in [0.1, 0.15) is 87.3 Å². The molecule has 6 rings (SSSR count). The van der Waals surface area contributed by atoms with Crippen LogP contribution < -0.4 is 4.90 Å². The maximum Gasteiger partial charge on any atom is 0.266 e. The minimum atomic E-state index is -4.20. The molecule has 0 unspecified atom stereocenters. The highest BCUT2D eigenvalue weighted by Gasteiger charge is 2.40. The average Bonchev–Trinajstić information content (AvgIpc) is 3.38. The maximum absolute atomic E-state index is 13.7. The van der Waals surface area contributed by atoms with Crippen LogP contribution in [-0.4, -0.2) is 43.5 Å². The SMILES string of the molecule is CCN1C(=O)c2ccc(S(=O)(=O)c3ccc4c(c3)C(=O)N(c3c(C)cc(Cc5cc(C)c(C)c(C)c5)cc3C)C4=O)cc2C1=O. The maximum atomic E-state index is 13.7. The lowest BCUT2D eigenvalue weighted by Gasteiger charge is -2.21. The van der Waals surface area contributed by atoms with Crippen molar-refractivity contribution in [1.82, 2.24) is 4.90 Å². The molecule has 0 radical (unpaired) electrons. The van der Waals surface area contributed by atoms with E-state index in [0.717, 1.165) is 26.5 Å². The molecule has 4 aromatic rings. The minimum Gasteiger partial charge on any atom is -0.275 e. The Balaban J connectivity index is 1.32. The van der Waals surface area contributed by atoms with Gasteiger partial charge in [-0.15, -0.1) is 0 Å². The van der Waals surface area contributed by atoms with Crippen LogP contribution >= 0.6 is 0 Å². The van der Waals surface area contributed by atoms with E-state index in [1.165, 1.54) is 58.7 Å². The van der Waals surface area contributed by atoms with Gasteiger partial charge < -0.3 is 0 Å². The van der Waals surface area contributed by atoms with Crippen LogP contribution in [0.5, 0.6) is 0 Å². The van der Waals surface area contributed by atoms with Crippen LogP contribution in [0.15, 0.2) is 70.5 Å². The quantitative estimate of drug-likeness (QED) is 0.242. The zero-order valence-electron chi connectivity index (χ0n) is 25.9. The van der Waals surface area contributed by atoms with Gasteiger partial charge in [-0.2, -0.15) is 0 Å². The van der Waals surface area contributed by atoms with E-state index >= 15 is 0 Å². The molecule has 9 heteroatoms. The number of amides is 4. The summed E-state index contributed by atoms with van der Waals surface area (Å²) in [7, 11) is -4.20. The van der Waals surface area contributed by atoms with E-state index in [4.69, 9.17) is 0 Å². The molecule has 2 heterocycles. The Kier molecular flexibility index (Phi) is 7.12. The number of carbonyl (C=O) groups is 4. The number of carbonyl (C=O) groups excluding carboxylic acids is 4. The Morgan fingerprint density at radius 3 is 1.49 bits per heavy atom. The molecule has 0 spiro atoms. The van der Waals surface area contributed by atoms with Gasteiger partial charge in [0.1, 0.15) is 0 Å². The van der Waals surface area contributed by atoms with Crippen LogP contribution in [0.25, 0.3) is 0 Å². The molecule has 228 valence electrons. The number of fused-ring (bicyclic) bond motifs is 2. The summed E-state index contributed by atoms with van der Waals surface area (Å²) < 4.78 is 27.3. The predicted octanol–water partition coefficient (Wildman–Crippen LogP) is 6.07. The molecule has 2 aliphatic heterocycles. The number of sulfone groups is 1. The van der Waals surface area contributed by atoms with E-state index < -0.39 is 33.5 Å². The van der Waals surface area contributed by atoms with Crippen molar-refractivity contribution >= 4 is 39.2 Å². The molecule has 4 amide bonds. The van der Waals surface area contributed by atoms with E-state index in [1.807, 2.05) is 26.0 Å². The Labute approximate surface area is 262 Å². The molecular weight excluding hydrogens is 588 g/mol. The molecule has 0 saturated heterocycles. The second-order valence-corrected chi connectivity index (χ2v) is 13.8. The number of anilines is 1. The summed E-state index contributed by atoms with van der Waals surface area (Å²) in [6.07, 6.45) is 0.701. The lowest BCUT2D eigenvalue weighted by Crippen LogP contribution is -2.30. The summed E-state index contributed by atoms with van der Waals surface area (Å²) in [5, 5.41) is 0. The summed E-state index contributed by atoms with van der Waals surface area (Å²) in [4.78, 5) is 54.3. The van der Waals surface area contributed by atoms with Crippen LogP contribution in [0, 0.1) is 34.6 Å². The Morgan fingerprint density at radius 2 is 0.978 bits per heavy atom. The number of benzene rings is 4. The van der Waals surface area contributed by atoms with Crippen molar-refractivity contribution in [2.75, 3.05) is 11.4 Å². The second kappa shape index (κ2) is 10.6. The standard InChI is InChI=1S/C36H32N2O6S/c1-7-37-33(39)28-10-8-26(17-30(28)34(37)40)45(43,44)27-9-11-29-31(18-27)36(42)38(35(29)41)32-21(4)14-25(15-22(32)5)16-24-12-19(2)23(6)20(3)13-24/h8-15,17-18H,7,16H2,1-6H3. The lowest BCUT2D eigenvalue weighted by atomic mass is 9.94. The molecule has 0 aliphatic carbocycles. The van der Waals surface area contributed by atoms with E-state index in [9.17, 15) is 27.6 Å². The third-order valence-electron chi connectivity index (χ3n) is 8.91. The molecule has 0 atom stereocenters. The normalized spacial score (nSPS) is 14.4. The number of aryl methyl sites for hydroxylation is 4. The monoisotopic (exact) mass is 620 g/mol. The van der Waals surface area contributed by atoms with E-state index in [1.54, 1.807) is 6.92 Å². The molecule has 4 aromatic carbocycles. The zero-order valence-corrected chi connectivity index (χ0v) is 26.8. The first-order chi connectivity index (χ1) is 21.2. The number of rotatable bonds is 6. The minimum absolute atomic E-state index is 0.0147. The Bertz CT molecular complexity index is 2080. The van der Waals surface area contributed by atoms with Crippen LogP contribution in [0.2, 0.25) is 0 Å². The molecule has 0 aromatic heterocycles. The molecule has 2 aliphatic rings. The Morgan fingerprint density at radius 1 is 0.556 bits per heavy atom. The lowest BCUT2D eigenvalue weighted by molar-refractivity contribution is 0.0662. The van der Waals surface area contributed by atoms with Gasteiger partial charge in [-0.3, -0.25) is 24.1 Å². The highest BCUT2D eigenvalue weighted by atomic mass is 32.2. The number of imide groups is 2. The smallest absolute Gasteiger partial charge is 0.266 e. The molecular formula is C36H32N2O6S. The summed E-state index contributed by atoms with van der Waals surface area (Å²) in [6.45, 7) is 11.8. The number of nitrogens with zero attached hydrogens (tertiary/aromatic N) is 2. The summed E-state index contributed by atoms with van der Waals surface area (Å²) in [6, 6.07) is 16.0. The fourth-order valence-corrected chi connectivity index (χ4v) is 7.73. The molecule has 8 nitrogen and oxygen atoms in total. The van der Waals surface area contributed by atoms with Gasteiger partial charge in [0.25, 0.3) is 23.6 Å². The van der Waals surface area contributed by atoms with Gasteiger partial charge >= 0.3 is 0 Å². The van der Waals surface area contributed by atoms with Crippen molar-refractivity contribution in [3.05, 3.63) is 122 Å². The van der Waals surface area contributed by atoms with Crippen molar-refractivity contribution < 1.29 is 27.6 Å². The van der Waals surface area contributed by atoms with Crippen molar-refractivity contribution in [1.29, 1.82) is 0 Å². The van der Waals surface area contributed by atoms with Gasteiger partial charge in [0.05, 0.1) is 37.7 Å². The highest BCUT2D eigenvalue weighted by molar-refractivity contribution is 7.91. The van der Waals surface area contributed by atoms with Crippen molar-refractivity contribution in [3.8, 4) is 0 Å². The molecule has 0 saturated carbocycles. The molecule has 0 bridgehead atoms. The van der Waals surface area contributed by atoms with Crippen molar-refractivity contribution in [2.45, 2.75) is 57.8 Å². The molecule has 0 fully saturated rings. The molecule has 0 N–H and O–H groups in total. The fourth-order valence-electron chi connectivity index (χ4n) is 6.41. The largest absolute Gasteiger partial charge is 0.275 e.